The number of fused-ring (bicyclic) bond motifs is 1. The zero-order chi connectivity index (χ0) is 8.72. The highest BCUT2D eigenvalue weighted by Crippen LogP contribution is 2.21. The van der Waals surface area contributed by atoms with Crippen molar-refractivity contribution in [1.29, 1.82) is 0 Å². The topological polar surface area (TPSA) is 17.8 Å². The van der Waals surface area contributed by atoms with Gasteiger partial charge in [-0.15, -0.1) is 0 Å². The molecule has 0 aromatic carbocycles. The molecule has 0 aliphatic rings. The van der Waals surface area contributed by atoms with Crippen LogP contribution in [0.4, 0.5) is 0 Å². The highest BCUT2D eigenvalue weighted by atomic mass is 127. The van der Waals surface area contributed by atoms with Gasteiger partial charge in [0.15, 0.2) is 0 Å². The molecule has 0 saturated heterocycles. The van der Waals surface area contributed by atoms with Crippen LogP contribution in [-0.2, 0) is 7.05 Å². The van der Waals surface area contributed by atoms with Crippen molar-refractivity contribution in [1.82, 2.24) is 9.55 Å². The molecule has 0 N–H and O–H groups in total. The van der Waals surface area contributed by atoms with Crippen LogP contribution < -0.4 is 0 Å². The molecule has 0 unspecified atom stereocenters. The number of hydrogen-bond acceptors (Lipinski definition) is 1. The summed E-state index contributed by atoms with van der Waals surface area (Å²) >= 11 is 5.69. The van der Waals surface area contributed by atoms with Gasteiger partial charge in [0.25, 0.3) is 0 Å². The van der Waals surface area contributed by atoms with E-state index < -0.39 is 0 Å². The van der Waals surface area contributed by atoms with Gasteiger partial charge < -0.3 is 4.57 Å². The van der Waals surface area contributed by atoms with Crippen LogP contribution in [0.1, 0.15) is 0 Å². The zero-order valence-corrected chi connectivity index (χ0v) is 10.1. The largest absolute Gasteiger partial charge is 0.338 e. The lowest BCUT2D eigenvalue weighted by molar-refractivity contribution is 0.937. The third-order valence-corrected chi connectivity index (χ3v) is 3.27. The molecule has 12 heavy (non-hydrogen) atoms. The predicted octanol–water partition coefficient (Wildman–Crippen LogP) is 2.94. The van der Waals surface area contributed by atoms with Crippen molar-refractivity contribution in [3.05, 3.63) is 26.5 Å². The van der Waals surface area contributed by atoms with Gasteiger partial charge in [-0.05, 0) is 50.7 Å². The molecule has 0 bridgehead atoms. The smallest absolute Gasteiger partial charge is 0.0892 e. The Labute approximate surface area is 92.2 Å². The van der Waals surface area contributed by atoms with E-state index in [4.69, 9.17) is 0 Å². The van der Waals surface area contributed by atoms with Crippen LogP contribution in [0, 0.1) is 3.70 Å². The SMILES string of the molecule is Cn1c(I)cc2ncc(Br)cc21. The predicted molar refractivity (Wildman–Crippen MR) is 61.1 cm³/mol. The zero-order valence-electron chi connectivity index (χ0n) is 6.38. The van der Waals surface area contributed by atoms with Gasteiger partial charge in [0.05, 0.1) is 14.7 Å². The van der Waals surface area contributed by atoms with Crippen LogP contribution >= 0.6 is 38.5 Å². The molecule has 4 heteroatoms. The third-order valence-electron chi connectivity index (χ3n) is 1.80. The Kier molecular flexibility index (Phi) is 2.12. The van der Waals surface area contributed by atoms with Gasteiger partial charge in [0, 0.05) is 17.7 Å². The second-order valence-corrected chi connectivity index (χ2v) is 4.60. The first-order chi connectivity index (χ1) is 5.68. The number of nitrogens with zero attached hydrogens (tertiary/aromatic N) is 2. The van der Waals surface area contributed by atoms with Gasteiger partial charge in [-0.3, -0.25) is 4.98 Å². The van der Waals surface area contributed by atoms with Gasteiger partial charge in [-0.25, -0.2) is 0 Å². The van der Waals surface area contributed by atoms with Crippen LogP contribution in [0.5, 0.6) is 0 Å². The van der Waals surface area contributed by atoms with Crippen LogP contribution in [0.25, 0.3) is 11.0 Å². The Morgan fingerprint density at radius 3 is 3.00 bits per heavy atom. The van der Waals surface area contributed by atoms with Gasteiger partial charge in [-0.1, -0.05) is 0 Å². The maximum Gasteiger partial charge on any atom is 0.0892 e. The molecule has 0 atom stereocenters. The van der Waals surface area contributed by atoms with E-state index in [2.05, 4.69) is 60.2 Å². The summed E-state index contributed by atoms with van der Waals surface area (Å²) in [5, 5.41) is 0. The average molecular weight is 337 g/mol. The Bertz CT molecular complexity index is 436. The molecule has 0 amide bonds. The summed E-state index contributed by atoms with van der Waals surface area (Å²) in [5.74, 6) is 0. The summed E-state index contributed by atoms with van der Waals surface area (Å²) in [7, 11) is 2.04. The fourth-order valence-corrected chi connectivity index (χ4v) is 2.02. The average Bonchev–Trinajstić information content (AvgIpc) is 2.31. The Balaban J connectivity index is 2.88. The van der Waals surface area contributed by atoms with Crippen molar-refractivity contribution in [2.45, 2.75) is 0 Å². The minimum absolute atomic E-state index is 1.02. The van der Waals surface area contributed by atoms with Crippen molar-refractivity contribution in [3.63, 3.8) is 0 Å². The maximum absolute atomic E-state index is 4.29. The van der Waals surface area contributed by atoms with E-state index in [-0.39, 0.29) is 0 Å². The highest BCUT2D eigenvalue weighted by molar-refractivity contribution is 14.1. The standard InChI is InChI=1S/C8H6BrIN2/c1-12-7-2-5(9)4-11-6(7)3-8(12)10/h2-4H,1H3. The van der Waals surface area contributed by atoms with Crippen LogP contribution in [0.2, 0.25) is 0 Å². The lowest BCUT2D eigenvalue weighted by atomic mass is 10.4. The van der Waals surface area contributed by atoms with E-state index in [1.807, 2.05) is 13.2 Å². The lowest BCUT2D eigenvalue weighted by Gasteiger charge is -1.96. The first kappa shape index (κ1) is 8.50. The molecule has 0 spiro atoms. The Morgan fingerprint density at radius 1 is 1.50 bits per heavy atom. The number of aryl methyl sites for hydroxylation is 1. The first-order valence-electron chi connectivity index (χ1n) is 3.45. The number of rotatable bonds is 0. The number of halogens is 2. The van der Waals surface area contributed by atoms with E-state index in [9.17, 15) is 0 Å². The molecular formula is C8H6BrIN2. The number of pyridine rings is 1. The summed E-state index contributed by atoms with van der Waals surface area (Å²) in [4.78, 5) is 4.29. The summed E-state index contributed by atoms with van der Waals surface area (Å²) in [6.45, 7) is 0. The third kappa shape index (κ3) is 1.26. The lowest BCUT2D eigenvalue weighted by Crippen LogP contribution is -1.89. The molecule has 2 rings (SSSR count). The minimum atomic E-state index is 1.02. The van der Waals surface area contributed by atoms with Crippen molar-refractivity contribution >= 4 is 49.6 Å². The molecule has 0 radical (unpaired) electrons. The van der Waals surface area contributed by atoms with E-state index >= 15 is 0 Å². The molecule has 2 heterocycles. The highest BCUT2D eigenvalue weighted by Gasteiger charge is 2.03. The maximum atomic E-state index is 4.29. The Hall–Kier alpha value is -0.100. The van der Waals surface area contributed by atoms with Gasteiger partial charge in [0.1, 0.15) is 0 Å². The molecule has 2 aromatic rings. The summed E-state index contributed by atoms with van der Waals surface area (Å²) < 4.78 is 4.34. The molecular weight excluding hydrogens is 331 g/mol. The van der Waals surface area contributed by atoms with E-state index in [1.54, 1.807) is 0 Å². The molecule has 2 aromatic heterocycles. The second kappa shape index (κ2) is 2.99. The molecule has 0 aliphatic carbocycles. The number of aromatic nitrogens is 2. The van der Waals surface area contributed by atoms with Gasteiger partial charge >= 0.3 is 0 Å². The van der Waals surface area contributed by atoms with Crippen molar-refractivity contribution in [3.8, 4) is 0 Å². The number of hydrogen-bond donors (Lipinski definition) is 0. The minimum Gasteiger partial charge on any atom is -0.338 e. The second-order valence-electron chi connectivity index (χ2n) is 2.58. The van der Waals surface area contributed by atoms with Crippen molar-refractivity contribution in [2.75, 3.05) is 0 Å². The molecule has 62 valence electrons. The van der Waals surface area contributed by atoms with E-state index in [0.29, 0.717) is 0 Å². The molecule has 2 nitrogen and oxygen atoms in total. The molecule has 0 aliphatic heterocycles. The van der Waals surface area contributed by atoms with E-state index in [1.165, 1.54) is 3.70 Å². The molecule has 0 saturated carbocycles. The first-order valence-corrected chi connectivity index (χ1v) is 5.32. The Morgan fingerprint density at radius 2 is 2.25 bits per heavy atom. The van der Waals surface area contributed by atoms with Crippen LogP contribution in [-0.4, -0.2) is 9.55 Å². The van der Waals surface area contributed by atoms with E-state index in [0.717, 1.165) is 15.5 Å². The van der Waals surface area contributed by atoms with Crippen LogP contribution in [0.15, 0.2) is 22.8 Å². The summed E-state index contributed by atoms with van der Waals surface area (Å²) in [6.07, 6.45) is 1.82. The summed E-state index contributed by atoms with van der Waals surface area (Å²) in [6, 6.07) is 4.15. The monoisotopic (exact) mass is 336 g/mol. The fraction of sp³-hybridized carbons (Fsp3) is 0.125. The summed E-state index contributed by atoms with van der Waals surface area (Å²) in [5.41, 5.74) is 2.21. The van der Waals surface area contributed by atoms with Crippen molar-refractivity contribution < 1.29 is 0 Å². The van der Waals surface area contributed by atoms with Gasteiger partial charge in [0.2, 0.25) is 0 Å². The van der Waals surface area contributed by atoms with Gasteiger partial charge in [-0.2, -0.15) is 0 Å². The quantitative estimate of drug-likeness (QED) is 0.676. The van der Waals surface area contributed by atoms with Crippen LogP contribution in [0.3, 0.4) is 0 Å². The normalized spacial score (nSPS) is 10.9. The van der Waals surface area contributed by atoms with Crippen molar-refractivity contribution in [2.24, 2.45) is 7.05 Å². The fourth-order valence-electron chi connectivity index (χ4n) is 1.14. The molecule has 0 fully saturated rings.